The normalized spacial score (nSPS) is 12.3. The van der Waals surface area contributed by atoms with Gasteiger partial charge in [-0.1, -0.05) is 0 Å². The third-order valence-corrected chi connectivity index (χ3v) is 4.23. The van der Waals surface area contributed by atoms with Gasteiger partial charge in [0.2, 0.25) is 0 Å². The molecule has 1 aromatic carbocycles. The van der Waals surface area contributed by atoms with E-state index < -0.39 is 12.0 Å². The van der Waals surface area contributed by atoms with Crippen LogP contribution in [0.1, 0.15) is 28.6 Å². The molecule has 4 nitrogen and oxygen atoms in total. The van der Waals surface area contributed by atoms with E-state index in [2.05, 4.69) is 5.32 Å². The molecule has 6 heteroatoms. The molecule has 0 aliphatic carbocycles. The monoisotopic (exact) mass is 295 g/mol. The van der Waals surface area contributed by atoms with E-state index >= 15 is 0 Å². The summed E-state index contributed by atoms with van der Waals surface area (Å²) in [4.78, 5) is 23.2. The first-order valence-electron chi connectivity index (χ1n) is 6.09. The Bertz CT molecular complexity index is 680. The Balaban J connectivity index is 2.26. The maximum atomic E-state index is 13.2. The van der Waals surface area contributed by atoms with Gasteiger partial charge >= 0.3 is 5.97 Å². The minimum atomic E-state index is -0.965. The zero-order valence-corrected chi connectivity index (χ0v) is 11.9. The quantitative estimate of drug-likeness (QED) is 0.911. The second-order valence-electron chi connectivity index (χ2n) is 4.67. The largest absolute Gasteiger partial charge is 0.481 e. The average Bonchev–Trinajstić information content (AvgIpc) is 2.65. The SMILES string of the molecule is Cc1c(C(=O)NC(C)CC(=O)O)sc2ccc(F)cc12. The molecule has 0 spiro atoms. The minimum Gasteiger partial charge on any atom is -0.481 e. The minimum absolute atomic E-state index is 0.135. The number of thiophene rings is 1. The van der Waals surface area contributed by atoms with E-state index in [4.69, 9.17) is 5.11 Å². The Morgan fingerprint density at radius 2 is 2.15 bits per heavy atom. The third kappa shape index (κ3) is 2.96. The van der Waals surface area contributed by atoms with Gasteiger partial charge in [-0.2, -0.15) is 0 Å². The number of carbonyl (C=O) groups is 2. The standard InChI is InChI=1S/C14H14FNO3S/c1-7(5-12(17)18)16-14(19)13-8(2)10-6-9(15)3-4-11(10)20-13/h3-4,6-7H,5H2,1-2H3,(H,16,19)(H,17,18). The molecule has 0 saturated carbocycles. The van der Waals surface area contributed by atoms with Gasteiger partial charge in [0.15, 0.2) is 0 Å². The number of nitrogens with one attached hydrogen (secondary N) is 1. The molecule has 1 atom stereocenters. The Labute approximate surface area is 119 Å². The van der Waals surface area contributed by atoms with Crippen LogP contribution in [0.5, 0.6) is 0 Å². The summed E-state index contributed by atoms with van der Waals surface area (Å²) >= 11 is 1.28. The molecule has 0 aliphatic rings. The number of fused-ring (bicyclic) bond motifs is 1. The van der Waals surface area contributed by atoms with Gasteiger partial charge in [0.1, 0.15) is 5.82 Å². The summed E-state index contributed by atoms with van der Waals surface area (Å²) in [7, 11) is 0. The van der Waals surface area contributed by atoms with E-state index in [1.165, 1.54) is 23.5 Å². The van der Waals surface area contributed by atoms with Crippen LogP contribution < -0.4 is 5.32 Å². The first-order chi connectivity index (χ1) is 9.38. The molecule has 2 rings (SSSR count). The summed E-state index contributed by atoms with van der Waals surface area (Å²) < 4.78 is 14.1. The lowest BCUT2D eigenvalue weighted by Crippen LogP contribution is -2.34. The van der Waals surface area contributed by atoms with E-state index in [1.807, 2.05) is 0 Å². The van der Waals surface area contributed by atoms with Gasteiger partial charge in [-0.15, -0.1) is 11.3 Å². The number of hydrogen-bond donors (Lipinski definition) is 2. The van der Waals surface area contributed by atoms with Crippen molar-refractivity contribution in [1.29, 1.82) is 0 Å². The lowest BCUT2D eigenvalue weighted by atomic mass is 10.1. The van der Waals surface area contributed by atoms with Crippen LogP contribution in [0.2, 0.25) is 0 Å². The smallest absolute Gasteiger partial charge is 0.305 e. The van der Waals surface area contributed by atoms with Crippen LogP contribution in [0, 0.1) is 12.7 Å². The molecule has 0 radical (unpaired) electrons. The van der Waals surface area contributed by atoms with Crippen LogP contribution in [0.25, 0.3) is 10.1 Å². The van der Waals surface area contributed by atoms with Crippen molar-refractivity contribution in [3.63, 3.8) is 0 Å². The topological polar surface area (TPSA) is 66.4 Å². The molecule has 2 aromatic rings. The summed E-state index contributed by atoms with van der Waals surface area (Å²) in [6.45, 7) is 3.39. The number of rotatable bonds is 4. The fourth-order valence-corrected chi connectivity index (χ4v) is 3.10. The fourth-order valence-electron chi connectivity index (χ4n) is 2.01. The average molecular weight is 295 g/mol. The Hall–Kier alpha value is -1.95. The van der Waals surface area contributed by atoms with Crippen molar-refractivity contribution in [3.8, 4) is 0 Å². The Morgan fingerprint density at radius 3 is 2.80 bits per heavy atom. The first-order valence-corrected chi connectivity index (χ1v) is 6.91. The highest BCUT2D eigenvalue weighted by molar-refractivity contribution is 7.21. The molecule has 2 N–H and O–H groups in total. The second kappa shape index (κ2) is 5.58. The van der Waals surface area contributed by atoms with Crippen LogP contribution in [-0.2, 0) is 4.79 Å². The van der Waals surface area contributed by atoms with Crippen LogP contribution in [-0.4, -0.2) is 23.0 Å². The highest BCUT2D eigenvalue weighted by atomic mass is 32.1. The molecule has 0 saturated heterocycles. The summed E-state index contributed by atoms with van der Waals surface area (Å²) in [6.07, 6.45) is -0.135. The van der Waals surface area contributed by atoms with Crippen molar-refractivity contribution in [2.24, 2.45) is 0 Å². The maximum Gasteiger partial charge on any atom is 0.305 e. The number of carbonyl (C=O) groups excluding carboxylic acids is 1. The van der Waals surface area contributed by atoms with E-state index in [-0.39, 0.29) is 18.1 Å². The van der Waals surface area contributed by atoms with E-state index in [0.29, 0.717) is 15.8 Å². The van der Waals surface area contributed by atoms with Crippen molar-refractivity contribution in [2.45, 2.75) is 26.3 Å². The Morgan fingerprint density at radius 1 is 1.45 bits per heavy atom. The van der Waals surface area contributed by atoms with Crippen molar-refractivity contribution < 1.29 is 19.1 Å². The van der Waals surface area contributed by atoms with Crippen LogP contribution in [0.3, 0.4) is 0 Å². The van der Waals surface area contributed by atoms with E-state index in [0.717, 1.165) is 4.70 Å². The molecule has 106 valence electrons. The highest BCUT2D eigenvalue weighted by Gasteiger charge is 2.18. The lowest BCUT2D eigenvalue weighted by molar-refractivity contribution is -0.137. The van der Waals surface area contributed by atoms with Gasteiger partial charge in [-0.3, -0.25) is 9.59 Å². The van der Waals surface area contributed by atoms with Crippen molar-refractivity contribution in [2.75, 3.05) is 0 Å². The summed E-state index contributed by atoms with van der Waals surface area (Å²) in [5.74, 6) is -1.63. The highest BCUT2D eigenvalue weighted by Crippen LogP contribution is 2.31. The number of aliphatic carboxylic acids is 1. The number of carboxylic acid groups (broad SMARTS) is 1. The number of hydrogen-bond acceptors (Lipinski definition) is 3. The summed E-state index contributed by atoms with van der Waals surface area (Å²) in [6, 6.07) is 3.94. The molecular formula is C14H14FNO3S. The van der Waals surface area contributed by atoms with Crippen molar-refractivity contribution in [3.05, 3.63) is 34.5 Å². The molecule has 0 fully saturated rings. The zero-order chi connectivity index (χ0) is 14.9. The predicted molar refractivity (Wildman–Crippen MR) is 75.7 cm³/mol. The Kier molecular flexibility index (Phi) is 4.04. The van der Waals surface area contributed by atoms with Gasteiger partial charge in [0.05, 0.1) is 11.3 Å². The van der Waals surface area contributed by atoms with Gasteiger partial charge < -0.3 is 10.4 Å². The van der Waals surface area contributed by atoms with Crippen molar-refractivity contribution >= 4 is 33.3 Å². The van der Waals surface area contributed by atoms with E-state index in [9.17, 15) is 14.0 Å². The van der Waals surface area contributed by atoms with Crippen LogP contribution >= 0.6 is 11.3 Å². The number of benzene rings is 1. The van der Waals surface area contributed by atoms with Gasteiger partial charge in [-0.25, -0.2) is 4.39 Å². The second-order valence-corrected chi connectivity index (χ2v) is 5.72. The molecule has 0 aliphatic heterocycles. The van der Waals surface area contributed by atoms with Gasteiger partial charge in [0, 0.05) is 10.7 Å². The predicted octanol–water partition coefficient (Wildman–Crippen LogP) is 2.94. The maximum absolute atomic E-state index is 13.2. The lowest BCUT2D eigenvalue weighted by Gasteiger charge is -2.10. The molecule has 0 bridgehead atoms. The van der Waals surface area contributed by atoms with Crippen LogP contribution in [0.4, 0.5) is 4.39 Å². The number of aryl methyl sites for hydroxylation is 1. The van der Waals surface area contributed by atoms with Crippen molar-refractivity contribution in [1.82, 2.24) is 5.32 Å². The zero-order valence-electron chi connectivity index (χ0n) is 11.1. The van der Waals surface area contributed by atoms with Gasteiger partial charge in [-0.05, 0) is 43.0 Å². The molecule has 20 heavy (non-hydrogen) atoms. The van der Waals surface area contributed by atoms with E-state index in [1.54, 1.807) is 19.9 Å². The third-order valence-electron chi connectivity index (χ3n) is 2.96. The fraction of sp³-hybridized carbons (Fsp3) is 0.286. The van der Waals surface area contributed by atoms with Crippen LogP contribution in [0.15, 0.2) is 18.2 Å². The summed E-state index contributed by atoms with van der Waals surface area (Å²) in [5.41, 5.74) is 0.713. The first kappa shape index (κ1) is 14.5. The molecule has 1 unspecified atom stereocenters. The molecule has 1 heterocycles. The molecule has 1 aromatic heterocycles. The van der Waals surface area contributed by atoms with Gasteiger partial charge in [0.25, 0.3) is 5.91 Å². The molecular weight excluding hydrogens is 281 g/mol. The number of amides is 1. The number of carboxylic acids is 1. The number of halogens is 1. The summed E-state index contributed by atoms with van der Waals surface area (Å²) in [5, 5.41) is 12.0. The molecule has 1 amide bonds.